The molecular weight excluding hydrogens is 450 g/mol. The fourth-order valence-corrected chi connectivity index (χ4v) is 5.18. The minimum atomic E-state index is -3.22. The van der Waals surface area contributed by atoms with Gasteiger partial charge in [-0.2, -0.15) is 0 Å². The van der Waals surface area contributed by atoms with E-state index < -0.39 is 21.7 Å². The summed E-state index contributed by atoms with van der Waals surface area (Å²) < 4.78 is 55.0. The average Bonchev–Trinajstić information content (AvgIpc) is 2.80. The van der Waals surface area contributed by atoms with E-state index in [0.29, 0.717) is 36.9 Å². The fraction of sp³-hybridized carbons (Fsp3) is 0.409. The van der Waals surface area contributed by atoms with Gasteiger partial charge in [-0.1, -0.05) is 0 Å². The highest BCUT2D eigenvalue weighted by Crippen LogP contribution is 2.30. The Morgan fingerprint density at radius 2 is 1.94 bits per heavy atom. The number of hydrogen-bond acceptors (Lipinski definition) is 7. The molecule has 0 saturated carbocycles. The monoisotopic (exact) mass is 476 g/mol. The second-order valence-corrected chi connectivity index (χ2v) is 10.4. The van der Waals surface area contributed by atoms with Gasteiger partial charge in [-0.3, -0.25) is 4.98 Å². The zero-order valence-corrected chi connectivity index (χ0v) is 19.2. The van der Waals surface area contributed by atoms with E-state index in [-0.39, 0.29) is 40.6 Å². The number of piperidine rings is 1. The van der Waals surface area contributed by atoms with Crippen molar-refractivity contribution in [2.24, 2.45) is 5.73 Å². The summed E-state index contributed by atoms with van der Waals surface area (Å²) in [4.78, 5) is 12.4. The van der Waals surface area contributed by atoms with Crippen molar-refractivity contribution in [1.82, 2.24) is 19.3 Å². The molecule has 1 unspecified atom stereocenters. The van der Waals surface area contributed by atoms with Crippen LogP contribution in [0.5, 0.6) is 0 Å². The van der Waals surface area contributed by atoms with Crippen molar-refractivity contribution in [1.29, 1.82) is 0 Å². The van der Waals surface area contributed by atoms with E-state index in [2.05, 4.69) is 20.3 Å². The Morgan fingerprint density at radius 3 is 2.61 bits per heavy atom. The van der Waals surface area contributed by atoms with Crippen LogP contribution >= 0.6 is 0 Å². The molecule has 1 aliphatic rings. The summed E-state index contributed by atoms with van der Waals surface area (Å²) in [5.74, 6) is -1.02. The summed E-state index contributed by atoms with van der Waals surface area (Å²) in [5.41, 5.74) is 7.09. The molecule has 0 bridgehead atoms. The topological polar surface area (TPSA) is 114 Å². The van der Waals surface area contributed by atoms with Gasteiger partial charge in [0.1, 0.15) is 17.0 Å². The summed E-state index contributed by atoms with van der Waals surface area (Å²) in [6.45, 7) is 4.19. The second kappa shape index (κ2) is 9.24. The van der Waals surface area contributed by atoms with E-state index >= 15 is 0 Å². The van der Waals surface area contributed by atoms with Crippen LogP contribution in [0.4, 0.5) is 14.7 Å². The molecule has 3 heterocycles. The van der Waals surface area contributed by atoms with Gasteiger partial charge in [-0.15, -0.1) is 0 Å². The number of nitrogens with one attached hydrogen (secondary N) is 1. The Hall–Kier alpha value is -2.76. The van der Waals surface area contributed by atoms with Gasteiger partial charge in [0.25, 0.3) is 0 Å². The molecule has 0 amide bonds. The van der Waals surface area contributed by atoms with Gasteiger partial charge in [0.2, 0.25) is 16.0 Å². The molecule has 0 aliphatic carbocycles. The van der Waals surface area contributed by atoms with Crippen LogP contribution in [0.15, 0.2) is 30.6 Å². The van der Waals surface area contributed by atoms with Crippen molar-refractivity contribution in [2.45, 2.75) is 38.8 Å². The summed E-state index contributed by atoms with van der Waals surface area (Å²) >= 11 is 0. The third kappa shape index (κ3) is 4.80. The first kappa shape index (κ1) is 23.4. The number of nitrogens with two attached hydrogens (primary N) is 1. The van der Waals surface area contributed by atoms with Crippen molar-refractivity contribution >= 4 is 26.9 Å². The number of aromatic nitrogens is 3. The van der Waals surface area contributed by atoms with Crippen molar-refractivity contribution in [3.05, 3.63) is 47.8 Å². The summed E-state index contributed by atoms with van der Waals surface area (Å²) in [5, 5.41) is 3.65. The average molecular weight is 477 g/mol. The molecule has 4 rings (SSSR count). The van der Waals surface area contributed by atoms with Crippen molar-refractivity contribution < 1.29 is 17.2 Å². The van der Waals surface area contributed by atoms with E-state index in [1.807, 2.05) is 0 Å². The smallest absolute Gasteiger partial charge is 0.223 e. The highest BCUT2D eigenvalue weighted by atomic mass is 32.2. The lowest BCUT2D eigenvalue weighted by molar-refractivity contribution is 0.329. The van der Waals surface area contributed by atoms with Gasteiger partial charge in [0.05, 0.1) is 11.9 Å². The van der Waals surface area contributed by atoms with Gasteiger partial charge in [0, 0.05) is 42.3 Å². The predicted octanol–water partition coefficient (Wildman–Crippen LogP) is 3.22. The van der Waals surface area contributed by atoms with Crippen LogP contribution in [0.1, 0.15) is 38.3 Å². The molecule has 3 aromatic rings. The van der Waals surface area contributed by atoms with Gasteiger partial charge in [0.15, 0.2) is 5.82 Å². The van der Waals surface area contributed by atoms with Gasteiger partial charge in [-0.25, -0.2) is 31.5 Å². The van der Waals surface area contributed by atoms with Crippen molar-refractivity contribution in [2.75, 3.05) is 24.2 Å². The molecule has 33 heavy (non-hydrogen) atoms. The highest BCUT2D eigenvalue weighted by Gasteiger charge is 2.27. The third-order valence-electron chi connectivity index (χ3n) is 5.89. The summed E-state index contributed by atoms with van der Waals surface area (Å²) in [6.07, 6.45) is 3.68. The van der Waals surface area contributed by atoms with Crippen LogP contribution in [0.3, 0.4) is 0 Å². The molecule has 176 valence electrons. The number of nitrogens with zero attached hydrogens (tertiary/aromatic N) is 4. The number of fused-ring (bicyclic) bond motifs is 1. The minimum absolute atomic E-state index is 0.0428. The molecule has 2 aromatic heterocycles. The van der Waals surface area contributed by atoms with Crippen LogP contribution in [0.25, 0.3) is 22.2 Å². The molecule has 11 heteroatoms. The Bertz CT molecular complexity index is 1280. The number of halogens is 2. The first-order chi connectivity index (χ1) is 15.7. The largest absolute Gasteiger partial charge is 0.351 e. The number of sulfonamides is 1. The molecule has 8 nitrogen and oxygen atoms in total. The normalized spacial score (nSPS) is 16.8. The molecule has 0 radical (unpaired) electrons. The number of hydrogen-bond donors (Lipinski definition) is 2. The van der Waals surface area contributed by atoms with E-state index in [1.54, 1.807) is 26.0 Å². The lowest BCUT2D eigenvalue weighted by Gasteiger charge is -2.31. The van der Waals surface area contributed by atoms with Crippen LogP contribution in [-0.2, 0) is 10.0 Å². The van der Waals surface area contributed by atoms with Crippen molar-refractivity contribution in [3.8, 4) is 11.3 Å². The molecule has 1 aliphatic heterocycles. The molecule has 0 spiro atoms. The zero-order valence-electron chi connectivity index (χ0n) is 18.4. The fourth-order valence-electron chi connectivity index (χ4n) is 4.05. The summed E-state index contributed by atoms with van der Waals surface area (Å²) in [7, 11) is -3.22. The van der Waals surface area contributed by atoms with E-state index in [0.717, 1.165) is 6.20 Å². The lowest BCUT2D eigenvalue weighted by atomic mass is 10.00. The molecule has 3 N–H and O–H groups in total. The second-order valence-electron chi connectivity index (χ2n) is 8.15. The Labute approximate surface area is 191 Å². The quantitative estimate of drug-likeness (QED) is 0.561. The Kier molecular flexibility index (Phi) is 6.55. The van der Waals surface area contributed by atoms with Gasteiger partial charge >= 0.3 is 0 Å². The van der Waals surface area contributed by atoms with Crippen LogP contribution < -0.4 is 11.1 Å². The zero-order chi connectivity index (χ0) is 23.8. The molecule has 1 aromatic carbocycles. The first-order valence-electron chi connectivity index (χ1n) is 10.8. The maximum absolute atomic E-state index is 14.8. The SMILES string of the molecule is CCS(=O)(=O)N1CCC(Nc2ncc(F)c(-c3cc(F)c4nccc(C(C)N)c4c3)n2)CC1. The van der Waals surface area contributed by atoms with Gasteiger partial charge in [-0.05, 0) is 50.5 Å². The summed E-state index contributed by atoms with van der Waals surface area (Å²) in [6, 6.07) is 4.12. The predicted molar refractivity (Wildman–Crippen MR) is 123 cm³/mol. The molecule has 1 fully saturated rings. The van der Waals surface area contributed by atoms with Crippen LogP contribution in [0, 0.1) is 11.6 Å². The maximum atomic E-state index is 14.8. The van der Waals surface area contributed by atoms with E-state index in [4.69, 9.17) is 5.73 Å². The number of benzene rings is 1. The first-order valence-corrected chi connectivity index (χ1v) is 12.4. The lowest BCUT2D eigenvalue weighted by Crippen LogP contribution is -2.43. The van der Waals surface area contributed by atoms with Gasteiger partial charge < -0.3 is 11.1 Å². The number of rotatable bonds is 6. The molecule has 1 atom stereocenters. The number of pyridine rings is 1. The van der Waals surface area contributed by atoms with Crippen molar-refractivity contribution in [3.63, 3.8) is 0 Å². The maximum Gasteiger partial charge on any atom is 0.223 e. The van der Waals surface area contributed by atoms with E-state index in [1.165, 1.54) is 16.6 Å². The highest BCUT2D eigenvalue weighted by molar-refractivity contribution is 7.89. The Balaban J connectivity index is 1.61. The third-order valence-corrected chi connectivity index (χ3v) is 7.77. The van der Waals surface area contributed by atoms with E-state index in [9.17, 15) is 17.2 Å². The standard InChI is InChI=1S/C22H26F2N6O2S/c1-3-33(31,32)30-8-5-15(6-9-30)28-22-27-12-19(24)20(29-22)14-10-17-16(13(2)25)4-7-26-21(17)18(23)11-14/h4,7,10-13,15H,3,5-6,8-9,25H2,1-2H3,(H,27,28,29). The molecule has 1 saturated heterocycles. The minimum Gasteiger partial charge on any atom is -0.351 e. The Morgan fingerprint density at radius 1 is 1.21 bits per heavy atom. The van der Waals surface area contributed by atoms with Crippen LogP contribution in [0.2, 0.25) is 0 Å². The molecular formula is C22H26F2N6O2S. The van der Waals surface area contributed by atoms with Crippen LogP contribution in [-0.4, -0.2) is 52.6 Å². The number of anilines is 1.